The molecule has 2 rings (SSSR count). The summed E-state index contributed by atoms with van der Waals surface area (Å²) in [6, 6.07) is 4.10. The highest BCUT2D eigenvalue weighted by atomic mass is 79.9. The third-order valence-corrected chi connectivity index (χ3v) is 3.83. The number of hydrogen-bond donors (Lipinski definition) is 2. The highest BCUT2D eigenvalue weighted by molar-refractivity contribution is 9.10. The van der Waals surface area contributed by atoms with E-state index < -0.39 is 6.10 Å². The standard InChI is InChI=1S/C15H18BrFN2O2.ClH/c1-10(21-14-3-2-12(17)8-13(14)16)15(20)19-9-11-4-6-18-7-5-11;/h2-4,8,10,18H,5-7,9H2,1H3,(H,19,20);1H. The molecule has 1 heterocycles. The summed E-state index contributed by atoms with van der Waals surface area (Å²) in [5.74, 6) is -0.102. The summed E-state index contributed by atoms with van der Waals surface area (Å²) in [4.78, 5) is 12.0. The Bertz CT molecular complexity index is 554. The van der Waals surface area contributed by atoms with Crippen molar-refractivity contribution in [1.29, 1.82) is 0 Å². The SMILES string of the molecule is CC(Oc1ccc(F)cc1Br)C(=O)NCC1=CCNCC1.Cl. The number of amides is 1. The first-order valence-electron chi connectivity index (χ1n) is 6.84. The summed E-state index contributed by atoms with van der Waals surface area (Å²) >= 11 is 3.21. The number of benzene rings is 1. The fraction of sp³-hybridized carbons (Fsp3) is 0.400. The van der Waals surface area contributed by atoms with Crippen LogP contribution in [-0.4, -0.2) is 31.6 Å². The monoisotopic (exact) mass is 392 g/mol. The molecule has 0 radical (unpaired) electrons. The molecule has 0 saturated carbocycles. The lowest BCUT2D eigenvalue weighted by molar-refractivity contribution is -0.127. The van der Waals surface area contributed by atoms with E-state index in [0.717, 1.165) is 19.5 Å². The molecule has 1 aliphatic rings. The summed E-state index contributed by atoms with van der Waals surface area (Å²) in [5.41, 5.74) is 1.22. The fourth-order valence-corrected chi connectivity index (χ4v) is 2.43. The third kappa shape index (κ3) is 5.59. The van der Waals surface area contributed by atoms with Crippen LogP contribution in [0.25, 0.3) is 0 Å². The first kappa shape index (κ1) is 18.9. The average Bonchev–Trinajstić information content (AvgIpc) is 2.48. The van der Waals surface area contributed by atoms with Crippen LogP contribution in [0.2, 0.25) is 0 Å². The zero-order valence-corrected chi connectivity index (χ0v) is 14.6. The normalized spacial score (nSPS) is 15.3. The van der Waals surface area contributed by atoms with Gasteiger partial charge in [0.25, 0.3) is 5.91 Å². The van der Waals surface area contributed by atoms with Gasteiger partial charge in [0.1, 0.15) is 11.6 Å². The predicted octanol–water partition coefficient (Wildman–Crippen LogP) is 2.81. The van der Waals surface area contributed by atoms with Crippen LogP contribution in [0, 0.1) is 5.82 Å². The van der Waals surface area contributed by atoms with Gasteiger partial charge in [-0.05, 0) is 54.0 Å². The van der Waals surface area contributed by atoms with E-state index in [4.69, 9.17) is 4.74 Å². The first-order valence-corrected chi connectivity index (χ1v) is 7.63. The van der Waals surface area contributed by atoms with Crippen LogP contribution in [0.15, 0.2) is 34.3 Å². The molecule has 7 heteroatoms. The van der Waals surface area contributed by atoms with E-state index in [2.05, 4.69) is 32.6 Å². The van der Waals surface area contributed by atoms with Gasteiger partial charge >= 0.3 is 0 Å². The van der Waals surface area contributed by atoms with Crippen LogP contribution in [0.5, 0.6) is 5.75 Å². The van der Waals surface area contributed by atoms with E-state index >= 15 is 0 Å². The molecule has 4 nitrogen and oxygen atoms in total. The zero-order chi connectivity index (χ0) is 15.2. The van der Waals surface area contributed by atoms with Crippen molar-refractivity contribution < 1.29 is 13.9 Å². The van der Waals surface area contributed by atoms with Gasteiger partial charge in [-0.15, -0.1) is 12.4 Å². The Hall–Kier alpha value is -1.11. The van der Waals surface area contributed by atoms with Crippen LogP contribution < -0.4 is 15.4 Å². The second kappa shape index (κ2) is 9.12. The van der Waals surface area contributed by atoms with Gasteiger partial charge in [0.2, 0.25) is 0 Å². The zero-order valence-electron chi connectivity index (χ0n) is 12.2. The Kier molecular flexibility index (Phi) is 7.85. The molecule has 0 aliphatic carbocycles. The average molecular weight is 394 g/mol. The van der Waals surface area contributed by atoms with Crippen LogP contribution in [0.4, 0.5) is 4.39 Å². The fourth-order valence-electron chi connectivity index (χ4n) is 1.99. The Morgan fingerprint density at radius 3 is 2.95 bits per heavy atom. The summed E-state index contributed by atoms with van der Waals surface area (Å²) in [6.07, 6.45) is 2.39. The van der Waals surface area contributed by atoms with Crippen molar-refractivity contribution in [2.24, 2.45) is 0 Å². The molecule has 1 unspecified atom stereocenters. The van der Waals surface area contributed by atoms with E-state index in [9.17, 15) is 9.18 Å². The summed E-state index contributed by atoms with van der Waals surface area (Å²) < 4.78 is 19.0. The lowest BCUT2D eigenvalue weighted by Gasteiger charge is -2.18. The van der Waals surface area contributed by atoms with E-state index in [1.165, 1.54) is 23.8 Å². The predicted molar refractivity (Wildman–Crippen MR) is 90.0 cm³/mol. The number of halogens is 3. The summed E-state index contributed by atoms with van der Waals surface area (Å²) in [6.45, 7) is 4.00. The summed E-state index contributed by atoms with van der Waals surface area (Å²) in [5, 5.41) is 6.07. The molecule has 0 spiro atoms. The van der Waals surface area contributed by atoms with E-state index in [0.29, 0.717) is 16.8 Å². The minimum absolute atomic E-state index is 0. The number of carbonyl (C=O) groups excluding carboxylic acids is 1. The lowest BCUT2D eigenvalue weighted by Crippen LogP contribution is -2.38. The van der Waals surface area contributed by atoms with Gasteiger partial charge < -0.3 is 15.4 Å². The van der Waals surface area contributed by atoms with Crippen molar-refractivity contribution in [2.45, 2.75) is 19.4 Å². The highest BCUT2D eigenvalue weighted by Gasteiger charge is 2.16. The molecule has 1 atom stereocenters. The van der Waals surface area contributed by atoms with Gasteiger partial charge in [-0.25, -0.2) is 4.39 Å². The topological polar surface area (TPSA) is 50.4 Å². The maximum absolute atomic E-state index is 13.0. The van der Waals surface area contributed by atoms with E-state index in [-0.39, 0.29) is 24.1 Å². The van der Waals surface area contributed by atoms with Gasteiger partial charge in [-0.1, -0.05) is 11.6 Å². The van der Waals surface area contributed by atoms with Gasteiger partial charge in [0.05, 0.1) is 4.47 Å². The molecule has 0 bridgehead atoms. The maximum atomic E-state index is 13.0. The Morgan fingerprint density at radius 1 is 1.55 bits per heavy atom. The molecule has 122 valence electrons. The maximum Gasteiger partial charge on any atom is 0.261 e. The number of nitrogens with one attached hydrogen (secondary N) is 2. The number of hydrogen-bond acceptors (Lipinski definition) is 3. The molecule has 22 heavy (non-hydrogen) atoms. The number of rotatable bonds is 5. The lowest BCUT2D eigenvalue weighted by atomic mass is 10.1. The van der Waals surface area contributed by atoms with Crippen molar-refractivity contribution in [3.63, 3.8) is 0 Å². The van der Waals surface area contributed by atoms with Crippen LogP contribution >= 0.6 is 28.3 Å². The molecule has 1 aliphatic heterocycles. The second-order valence-electron chi connectivity index (χ2n) is 4.87. The number of carbonyl (C=O) groups is 1. The highest BCUT2D eigenvalue weighted by Crippen LogP contribution is 2.26. The van der Waals surface area contributed by atoms with Gasteiger partial charge in [0.15, 0.2) is 6.10 Å². The van der Waals surface area contributed by atoms with Crippen molar-refractivity contribution in [3.05, 3.63) is 40.1 Å². The molecule has 1 aromatic rings. The van der Waals surface area contributed by atoms with Gasteiger partial charge in [-0.2, -0.15) is 0 Å². The van der Waals surface area contributed by atoms with Crippen molar-refractivity contribution in [1.82, 2.24) is 10.6 Å². The smallest absolute Gasteiger partial charge is 0.261 e. The third-order valence-electron chi connectivity index (χ3n) is 3.21. The van der Waals surface area contributed by atoms with Crippen molar-refractivity contribution in [3.8, 4) is 5.75 Å². The molecule has 0 aromatic heterocycles. The van der Waals surface area contributed by atoms with Gasteiger partial charge in [0, 0.05) is 13.1 Å². The van der Waals surface area contributed by atoms with Gasteiger partial charge in [-0.3, -0.25) is 4.79 Å². The molecule has 0 fully saturated rings. The molecular formula is C15H19BrClFN2O2. The van der Waals surface area contributed by atoms with E-state index in [1.807, 2.05) is 0 Å². The Morgan fingerprint density at radius 2 is 2.32 bits per heavy atom. The second-order valence-corrected chi connectivity index (χ2v) is 5.72. The van der Waals surface area contributed by atoms with E-state index in [1.54, 1.807) is 6.92 Å². The molecular weight excluding hydrogens is 375 g/mol. The van der Waals surface area contributed by atoms with Crippen LogP contribution in [0.1, 0.15) is 13.3 Å². The number of ether oxygens (including phenoxy) is 1. The first-order chi connectivity index (χ1) is 10.1. The molecule has 2 N–H and O–H groups in total. The minimum atomic E-state index is -0.644. The molecule has 0 saturated heterocycles. The largest absolute Gasteiger partial charge is 0.480 e. The van der Waals surface area contributed by atoms with Crippen LogP contribution in [-0.2, 0) is 4.79 Å². The Balaban J connectivity index is 0.00000242. The summed E-state index contributed by atoms with van der Waals surface area (Å²) in [7, 11) is 0. The Labute approximate surface area is 144 Å². The van der Waals surface area contributed by atoms with Crippen molar-refractivity contribution >= 4 is 34.2 Å². The minimum Gasteiger partial charge on any atom is -0.480 e. The van der Waals surface area contributed by atoms with Crippen LogP contribution in [0.3, 0.4) is 0 Å². The molecule has 1 amide bonds. The van der Waals surface area contributed by atoms with Crippen molar-refractivity contribution in [2.75, 3.05) is 19.6 Å². The quantitative estimate of drug-likeness (QED) is 0.756. The molecule has 1 aromatic carbocycles.